The number of ether oxygens (including phenoxy) is 1. The van der Waals surface area contributed by atoms with E-state index in [-0.39, 0.29) is 5.56 Å². The fraction of sp³-hybridized carbons (Fsp3) is 0.571. The molecule has 2 aliphatic rings. The van der Waals surface area contributed by atoms with Gasteiger partial charge in [0.15, 0.2) is 11.6 Å². The van der Waals surface area contributed by atoms with Crippen LogP contribution < -0.4 is 4.90 Å². The molecule has 2 fully saturated rings. The number of piperidine rings is 1. The Morgan fingerprint density at radius 1 is 1.37 bits per heavy atom. The summed E-state index contributed by atoms with van der Waals surface area (Å²) in [5.74, 6) is -0.661. The fourth-order valence-electron chi connectivity index (χ4n) is 2.76. The molecular formula is C14H17FN2O2. The van der Waals surface area contributed by atoms with Crippen molar-refractivity contribution in [3.63, 3.8) is 0 Å². The van der Waals surface area contributed by atoms with Gasteiger partial charge >= 0.3 is 5.97 Å². The molecule has 5 heteroatoms. The summed E-state index contributed by atoms with van der Waals surface area (Å²) in [4.78, 5) is 17.4. The normalized spacial score (nSPS) is 20.4. The van der Waals surface area contributed by atoms with Gasteiger partial charge < -0.3 is 9.64 Å². The zero-order valence-electron chi connectivity index (χ0n) is 11.0. The predicted octanol–water partition coefficient (Wildman–Crippen LogP) is 2.39. The average molecular weight is 264 g/mol. The number of hydrogen-bond acceptors (Lipinski definition) is 4. The Hall–Kier alpha value is -1.65. The molecule has 2 heterocycles. The van der Waals surface area contributed by atoms with Gasteiger partial charge in [-0.15, -0.1) is 0 Å². The van der Waals surface area contributed by atoms with Crippen LogP contribution in [-0.2, 0) is 4.74 Å². The van der Waals surface area contributed by atoms with E-state index in [1.54, 1.807) is 0 Å². The standard InChI is InChI=1S/C14H17FN2O2/c1-19-13(18)10-8-11(15)12(16-9-10)17-6-4-14(2-3-14)5-7-17/h8-9H,2-7H2,1H3. The Morgan fingerprint density at radius 3 is 2.58 bits per heavy atom. The summed E-state index contributed by atoms with van der Waals surface area (Å²) < 4.78 is 18.6. The number of hydrogen-bond donors (Lipinski definition) is 0. The van der Waals surface area contributed by atoms with Crippen LogP contribution >= 0.6 is 0 Å². The van der Waals surface area contributed by atoms with Crippen LogP contribution in [0.4, 0.5) is 10.2 Å². The Balaban J connectivity index is 1.76. The highest BCUT2D eigenvalue weighted by molar-refractivity contribution is 5.89. The molecule has 1 saturated heterocycles. The van der Waals surface area contributed by atoms with Gasteiger partial charge in [0.05, 0.1) is 12.7 Å². The van der Waals surface area contributed by atoms with Crippen LogP contribution in [0.2, 0.25) is 0 Å². The van der Waals surface area contributed by atoms with E-state index >= 15 is 0 Å². The Kier molecular flexibility index (Phi) is 2.92. The minimum absolute atomic E-state index is 0.152. The summed E-state index contributed by atoms with van der Waals surface area (Å²) in [6.07, 6.45) is 6.25. The maximum Gasteiger partial charge on any atom is 0.339 e. The molecule has 1 saturated carbocycles. The number of carbonyl (C=O) groups is 1. The summed E-state index contributed by atoms with van der Waals surface area (Å²) in [7, 11) is 1.27. The van der Waals surface area contributed by atoms with Gasteiger partial charge in [-0.1, -0.05) is 0 Å². The fourth-order valence-corrected chi connectivity index (χ4v) is 2.76. The van der Waals surface area contributed by atoms with Gasteiger partial charge in [-0.25, -0.2) is 14.2 Å². The molecule has 3 rings (SSSR count). The quantitative estimate of drug-likeness (QED) is 0.769. The second-order valence-corrected chi connectivity index (χ2v) is 5.51. The number of rotatable bonds is 2. The van der Waals surface area contributed by atoms with Crippen LogP contribution in [0.5, 0.6) is 0 Å². The molecule has 0 aromatic carbocycles. The van der Waals surface area contributed by atoms with Gasteiger partial charge in [-0.3, -0.25) is 0 Å². The molecule has 0 N–H and O–H groups in total. The summed E-state index contributed by atoms with van der Waals surface area (Å²) >= 11 is 0. The molecule has 1 spiro atoms. The van der Waals surface area contributed by atoms with Crippen molar-refractivity contribution >= 4 is 11.8 Å². The number of carbonyl (C=O) groups excluding carboxylic acids is 1. The van der Waals surface area contributed by atoms with Gasteiger partial charge in [0.2, 0.25) is 0 Å². The number of methoxy groups -OCH3 is 1. The molecule has 1 aliphatic heterocycles. The van der Waals surface area contributed by atoms with Gasteiger partial charge in [-0.05, 0) is 37.2 Å². The van der Waals surface area contributed by atoms with Crippen molar-refractivity contribution in [2.45, 2.75) is 25.7 Å². The third kappa shape index (κ3) is 2.29. The molecule has 0 bridgehead atoms. The van der Waals surface area contributed by atoms with Crippen molar-refractivity contribution < 1.29 is 13.9 Å². The van der Waals surface area contributed by atoms with Crippen molar-refractivity contribution in [2.75, 3.05) is 25.1 Å². The first-order valence-electron chi connectivity index (χ1n) is 6.62. The van der Waals surface area contributed by atoms with Crippen LogP contribution in [-0.4, -0.2) is 31.2 Å². The summed E-state index contributed by atoms with van der Waals surface area (Å²) in [6.45, 7) is 1.70. The molecule has 1 aromatic rings. The maximum atomic E-state index is 14.0. The van der Waals surface area contributed by atoms with Crippen molar-refractivity contribution in [3.05, 3.63) is 23.6 Å². The number of esters is 1. The third-order valence-corrected chi connectivity index (χ3v) is 4.32. The molecule has 0 radical (unpaired) electrons. The Bertz CT molecular complexity index is 504. The molecule has 102 valence electrons. The van der Waals surface area contributed by atoms with Crippen LogP contribution in [0.25, 0.3) is 0 Å². The van der Waals surface area contributed by atoms with Gasteiger partial charge in [0, 0.05) is 19.3 Å². The molecule has 0 unspecified atom stereocenters. The summed E-state index contributed by atoms with van der Waals surface area (Å²) in [6, 6.07) is 1.20. The first kappa shape index (κ1) is 12.4. The maximum absolute atomic E-state index is 14.0. The van der Waals surface area contributed by atoms with Crippen molar-refractivity contribution in [1.29, 1.82) is 0 Å². The molecule has 19 heavy (non-hydrogen) atoms. The summed E-state index contributed by atoms with van der Waals surface area (Å²) in [5, 5.41) is 0. The smallest absolute Gasteiger partial charge is 0.339 e. The highest BCUT2D eigenvalue weighted by atomic mass is 19.1. The molecular weight excluding hydrogens is 247 g/mol. The van der Waals surface area contributed by atoms with E-state index in [0.717, 1.165) is 25.9 Å². The van der Waals surface area contributed by atoms with Crippen LogP contribution in [0.15, 0.2) is 12.3 Å². The summed E-state index contributed by atoms with van der Waals surface area (Å²) in [5.41, 5.74) is 0.707. The monoisotopic (exact) mass is 264 g/mol. The SMILES string of the molecule is COC(=O)c1cnc(N2CCC3(CC2)CC3)c(F)c1. The second kappa shape index (κ2) is 4.47. The molecule has 4 nitrogen and oxygen atoms in total. The number of halogens is 1. The molecule has 1 aromatic heterocycles. The molecule has 0 atom stereocenters. The van der Waals surface area contributed by atoms with E-state index in [4.69, 9.17) is 0 Å². The number of anilines is 1. The van der Waals surface area contributed by atoms with E-state index in [1.165, 1.54) is 32.2 Å². The van der Waals surface area contributed by atoms with E-state index in [9.17, 15) is 9.18 Å². The van der Waals surface area contributed by atoms with E-state index in [2.05, 4.69) is 9.72 Å². The second-order valence-electron chi connectivity index (χ2n) is 5.51. The van der Waals surface area contributed by atoms with Crippen LogP contribution in [0.1, 0.15) is 36.0 Å². The van der Waals surface area contributed by atoms with E-state index in [0.29, 0.717) is 11.2 Å². The molecule has 0 amide bonds. The number of nitrogens with zero attached hydrogens (tertiary/aromatic N) is 2. The highest BCUT2D eigenvalue weighted by Crippen LogP contribution is 2.53. The zero-order valence-corrected chi connectivity index (χ0v) is 11.0. The van der Waals surface area contributed by atoms with Gasteiger partial charge in [0.25, 0.3) is 0 Å². The zero-order chi connectivity index (χ0) is 13.5. The van der Waals surface area contributed by atoms with Crippen molar-refractivity contribution in [1.82, 2.24) is 4.98 Å². The van der Waals surface area contributed by atoms with Crippen molar-refractivity contribution in [3.8, 4) is 0 Å². The average Bonchev–Trinajstić information content (AvgIpc) is 3.18. The Morgan fingerprint density at radius 2 is 2.05 bits per heavy atom. The first-order valence-corrected chi connectivity index (χ1v) is 6.62. The van der Waals surface area contributed by atoms with Crippen LogP contribution in [0, 0.1) is 11.2 Å². The highest BCUT2D eigenvalue weighted by Gasteiger charge is 2.44. The number of aromatic nitrogens is 1. The Labute approximate surface area is 111 Å². The lowest BCUT2D eigenvalue weighted by atomic mass is 9.94. The lowest BCUT2D eigenvalue weighted by Gasteiger charge is -2.33. The van der Waals surface area contributed by atoms with E-state index < -0.39 is 11.8 Å². The largest absolute Gasteiger partial charge is 0.465 e. The molecule has 1 aliphatic carbocycles. The van der Waals surface area contributed by atoms with Crippen LogP contribution in [0.3, 0.4) is 0 Å². The lowest BCUT2D eigenvalue weighted by Crippen LogP contribution is -2.35. The van der Waals surface area contributed by atoms with Gasteiger partial charge in [0.1, 0.15) is 0 Å². The number of pyridine rings is 1. The van der Waals surface area contributed by atoms with Crippen molar-refractivity contribution in [2.24, 2.45) is 5.41 Å². The lowest BCUT2D eigenvalue weighted by molar-refractivity contribution is 0.0599. The first-order chi connectivity index (χ1) is 9.13. The van der Waals surface area contributed by atoms with E-state index in [1.807, 2.05) is 4.90 Å². The minimum atomic E-state index is -0.562. The third-order valence-electron chi connectivity index (χ3n) is 4.32. The topological polar surface area (TPSA) is 42.4 Å². The predicted molar refractivity (Wildman–Crippen MR) is 68.6 cm³/mol. The minimum Gasteiger partial charge on any atom is -0.465 e. The van der Waals surface area contributed by atoms with Gasteiger partial charge in [-0.2, -0.15) is 0 Å².